The molecule has 0 spiro atoms. The molecular weight excluding hydrogens is 408 g/mol. The highest BCUT2D eigenvalue weighted by Gasteiger charge is 2.18. The molecule has 0 aliphatic carbocycles. The quantitative estimate of drug-likeness (QED) is 0.355. The first-order valence-corrected chi connectivity index (χ1v) is 9.11. The molecule has 146 valence electrons. The lowest BCUT2D eigenvalue weighted by molar-refractivity contribution is -0.387. The number of carbonyl (C=O) groups excluding carboxylic acids is 3. The molecule has 0 aliphatic heterocycles. The number of nitro benzene ring substituents is 1. The molecule has 9 nitrogen and oxygen atoms in total. The van der Waals surface area contributed by atoms with E-state index < -0.39 is 16.7 Å². The Morgan fingerprint density at radius 1 is 1.18 bits per heavy atom. The van der Waals surface area contributed by atoms with Crippen LogP contribution in [0.1, 0.15) is 17.3 Å². The summed E-state index contributed by atoms with van der Waals surface area (Å²) in [5.41, 5.74) is 5.64. The zero-order chi connectivity index (χ0) is 20.8. The van der Waals surface area contributed by atoms with Crippen LogP contribution >= 0.6 is 23.4 Å². The molecule has 0 atom stereocenters. The maximum atomic E-state index is 12.1. The van der Waals surface area contributed by atoms with E-state index in [4.69, 9.17) is 17.3 Å². The van der Waals surface area contributed by atoms with Gasteiger partial charge >= 0.3 is 0 Å². The maximum absolute atomic E-state index is 12.1. The van der Waals surface area contributed by atoms with Crippen LogP contribution < -0.4 is 16.4 Å². The predicted octanol–water partition coefficient (Wildman–Crippen LogP) is 3.04. The van der Waals surface area contributed by atoms with Crippen molar-refractivity contribution >= 4 is 58.1 Å². The van der Waals surface area contributed by atoms with Gasteiger partial charge in [-0.05, 0) is 30.3 Å². The van der Waals surface area contributed by atoms with Gasteiger partial charge in [-0.2, -0.15) is 0 Å². The molecule has 0 bridgehead atoms. The first-order chi connectivity index (χ1) is 13.2. The van der Waals surface area contributed by atoms with Crippen molar-refractivity contribution in [2.75, 3.05) is 16.4 Å². The second-order valence-electron chi connectivity index (χ2n) is 5.52. The number of rotatable bonds is 7. The molecule has 0 heterocycles. The van der Waals surface area contributed by atoms with E-state index in [-0.39, 0.29) is 32.8 Å². The summed E-state index contributed by atoms with van der Waals surface area (Å²) in [6.07, 6.45) is 0. The lowest BCUT2D eigenvalue weighted by atomic mass is 10.2. The standard InChI is InChI=1S/C17H15ClN4O5S/c1-9(23)20-13-4-3-11(7-12(13)18)21-16(24)8-28-15-5-2-10(17(19)25)6-14(15)22(26)27/h2-7H,8H2,1H3,(H2,19,25)(H,20,23)(H,21,24). The molecule has 2 rings (SSSR count). The summed E-state index contributed by atoms with van der Waals surface area (Å²) in [7, 11) is 0. The van der Waals surface area contributed by atoms with E-state index in [9.17, 15) is 24.5 Å². The number of benzene rings is 2. The molecule has 0 unspecified atom stereocenters. The number of nitro groups is 1. The lowest BCUT2D eigenvalue weighted by Crippen LogP contribution is -2.15. The average molecular weight is 423 g/mol. The lowest BCUT2D eigenvalue weighted by Gasteiger charge is -2.09. The number of amides is 3. The SMILES string of the molecule is CC(=O)Nc1ccc(NC(=O)CSc2ccc(C(N)=O)cc2[N+](=O)[O-])cc1Cl. The van der Waals surface area contributed by atoms with Gasteiger partial charge in [-0.15, -0.1) is 11.8 Å². The van der Waals surface area contributed by atoms with E-state index in [0.717, 1.165) is 17.8 Å². The number of thioether (sulfide) groups is 1. The number of hydrogen-bond acceptors (Lipinski definition) is 6. The molecule has 0 radical (unpaired) electrons. The second-order valence-corrected chi connectivity index (χ2v) is 6.94. The molecular formula is C17H15ClN4O5S. The van der Waals surface area contributed by atoms with Crippen molar-refractivity contribution in [3.63, 3.8) is 0 Å². The van der Waals surface area contributed by atoms with Crippen LogP contribution in [0.3, 0.4) is 0 Å². The van der Waals surface area contributed by atoms with Gasteiger partial charge in [0.2, 0.25) is 17.7 Å². The van der Waals surface area contributed by atoms with Gasteiger partial charge in [0, 0.05) is 24.2 Å². The number of anilines is 2. The van der Waals surface area contributed by atoms with Gasteiger partial charge in [-0.3, -0.25) is 24.5 Å². The Morgan fingerprint density at radius 2 is 1.89 bits per heavy atom. The van der Waals surface area contributed by atoms with Crippen molar-refractivity contribution in [3.05, 3.63) is 57.1 Å². The van der Waals surface area contributed by atoms with Crippen LogP contribution in [0.25, 0.3) is 0 Å². The molecule has 0 aliphatic rings. The molecule has 2 aromatic rings. The fraction of sp³-hybridized carbons (Fsp3) is 0.118. The zero-order valence-corrected chi connectivity index (χ0v) is 16.1. The fourth-order valence-corrected chi connectivity index (χ4v) is 3.19. The third kappa shape index (κ3) is 5.69. The van der Waals surface area contributed by atoms with Crippen molar-refractivity contribution in [2.24, 2.45) is 5.73 Å². The molecule has 4 N–H and O–H groups in total. The first-order valence-electron chi connectivity index (χ1n) is 7.75. The van der Waals surface area contributed by atoms with Crippen LogP contribution in [0.4, 0.5) is 17.1 Å². The van der Waals surface area contributed by atoms with Crippen LogP contribution in [-0.2, 0) is 9.59 Å². The topological polar surface area (TPSA) is 144 Å². The highest BCUT2D eigenvalue weighted by molar-refractivity contribution is 8.00. The molecule has 3 amide bonds. The minimum Gasteiger partial charge on any atom is -0.366 e. The summed E-state index contributed by atoms with van der Waals surface area (Å²) in [6, 6.07) is 8.37. The summed E-state index contributed by atoms with van der Waals surface area (Å²) in [6.45, 7) is 1.35. The van der Waals surface area contributed by atoms with Gasteiger partial charge in [0.05, 0.1) is 26.3 Å². The largest absolute Gasteiger partial charge is 0.366 e. The summed E-state index contributed by atoms with van der Waals surface area (Å²) >= 11 is 6.99. The molecule has 0 saturated carbocycles. The maximum Gasteiger partial charge on any atom is 0.283 e. The van der Waals surface area contributed by atoms with Crippen LogP contribution in [0.2, 0.25) is 5.02 Å². The Bertz CT molecular complexity index is 967. The number of halogens is 1. The third-order valence-corrected chi connectivity index (χ3v) is 4.74. The Balaban J connectivity index is 2.04. The van der Waals surface area contributed by atoms with Crippen molar-refractivity contribution in [2.45, 2.75) is 11.8 Å². The molecule has 0 aromatic heterocycles. The molecule has 11 heteroatoms. The highest BCUT2D eigenvalue weighted by atomic mass is 35.5. The minimum absolute atomic E-state index is 0.00871. The van der Waals surface area contributed by atoms with Gasteiger partial charge in [-0.1, -0.05) is 11.6 Å². The minimum atomic E-state index is -0.781. The van der Waals surface area contributed by atoms with Gasteiger partial charge in [0.15, 0.2) is 0 Å². The first kappa shape index (κ1) is 21.2. The molecule has 0 fully saturated rings. The summed E-state index contributed by atoms with van der Waals surface area (Å²) in [4.78, 5) is 45.1. The van der Waals surface area contributed by atoms with Crippen molar-refractivity contribution in [1.29, 1.82) is 0 Å². The fourth-order valence-electron chi connectivity index (χ4n) is 2.16. The normalized spacial score (nSPS) is 10.2. The van der Waals surface area contributed by atoms with Crippen molar-refractivity contribution < 1.29 is 19.3 Å². The van der Waals surface area contributed by atoms with E-state index >= 15 is 0 Å². The van der Waals surface area contributed by atoms with E-state index in [1.165, 1.54) is 25.1 Å². The highest BCUT2D eigenvalue weighted by Crippen LogP contribution is 2.30. The molecule has 0 saturated heterocycles. The Kier molecular flexibility index (Phi) is 6.96. The van der Waals surface area contributed by atoms with E-state index in [0.29, 0.717) is 11.4 Å². The summed E-state index contributed by atoms with van der Waals surface area (Å²) in [5, 5.41) is 16.6. The predicted molar refractivity (Wildman–Crippen MR) is 107 cm³/mol. The molecule has 28 heavy (non-hydrogen) atoms. The van der Waals surface area contributed by atoms with E-state index in [2.05, 4.69) is 10.6 Å². The Labute approximate surface area is 168 Å². The van der Waals surface area contributed by atoms with Crippen molar-refractivity contribution in [1.82, 2.24) is 0 Å². The molecule has 2 aromatic carbocycles. The van der Waals surface area contributed by atoms with Crippen LogP contribution in [-0.4, -0.2) is 28.4 Å². The Hall–Kier alpha value is -3.11. The summed E-state index contributed by atoms with van der Waals surface area (Å²) in [5.74, 6) is -1.58. The van der Waals surface area contributed by atoms with Gasteiger partial charge in [0.1, 0.15) is 0 Å². The van der Waals surface area contributed by atoms with Gasteiger partial charge in [0.25, 0.3) is 5.69 Å². The van der Waals surface area contributed by atoms with Crippen molar-refractivity contribution in [3.8, 4) is 0 Å². The Morgan fingerprint density at radius 3 is 2.46 bits per heavy atom. The summed E-state index contributed by atoms with van der Waals surface area (Å²) < 4.78 is 0. The number of carbonyl (C=O) groups is 3. The number of nitrogens with zero attached hydrogens (tertiary/aromatic N) is 1. The second kappa shape index (κ2) is 9.20. The van der Waals surface area contributed by atoms with Crippen LogP contribution in [0.5, 0.6) is 0 Å². The zero-order valence-electron chi connectivity index (χ0n) is 14.5. The number of hydrogen-bond donors (Lipinski definition) is 3. The van der Waals surface area contributed by atoms with Crippen LogP contribution in [0.15, 0.2) is 41.3 Å². The van der Waals surface area contributed by atoms with E-state index in [1.54, 1.807) is 12.1 Å². The van der Waals surface area contributed by atoms with Gasteiger partial charge < -0.3 is 16.4 Å². The smallest absolute Gasteiger partial charge is 0.283 e. The number of nitrogens with two attached hydrogens (primary N) is 1. The van der Waals surface area contributed by atoms with Gasteiger partial charge in [-0.25, -0.2) is 0 Å². The van der Waals surface area contributed by atoms with Crippen LogP contribution in [0, 0.1) is 10.1 Å². The number of nitrogens with one attached hydrogen (secondary N) is 2. The monoisotopic (exact) mass is 422 g/mol. The number of primary amides is 1. The third-order valence-electron chi connectivity index (χ3n) is 3.36. The van der Waals surface area contributed by atoms with E-state index in [1.807, 2.05) is 0 Å². The average Bonchev–Trinajstić information content (AvgIpc) is 2.61.